The summed E-state index contributed by atoms with van der Waals surface area (Å²) in [5.74, 6) is 0.0343. The number of benzene rings is 1. The summed E-state index contributed by atoms with van der Waals surface area (Å²) in [6, 6.07) is 7.76. The molecule has 2 aromatic rings. The maximum Gasteiger partial charge on any atom is 0.221 e. The zero-order chi connectivity index (χ0) is 12.8. The monoisotopic (exact) mass is 244 g/mol. The number of fused-ring (bicyclic) bond motifs is 1. The topological polar surface area (TPSA) is 66.9 Å². The summed E-state index contributed by atoms with van der Waals surface area (Å²) in [6.45, 7) is 1.25. The Morgan fingerprint density at radius 3 is 2.83 bits per heavy atom. The molecule has 1 amide bonds. The molecule has 0 saturated carbocycles. The van der Waals surface area contributed by atoms with Gasteiger partial charge in [0.15, 0.2) is 0 Å². The van der Waals surface area contributed by atoms with E-state index < -0.39 is 0 Å². The molecule has 2 rings (SSSR count). The molecule has 1 aromatic heterocycles. The third-order valence-corrected chi connectivity index (χ3v) is 2.61. The van der Waals surface area contributed by atoms with Gasteiger partial charge in [0.25, 0.3) is 0 Å². The van der Waals surface area contributed by atoms with Crippen LogP contribution in [0.25, 0.3) is 11.0 Å². The molecule has 18 heavy (non-hydrogen) atoms. The Bertz CT molecular complexity index is 541. The number of nitrogens with zero attached hydrogens (tertiary/aromatic N) is 2. The number of nitrogens with one attached hydrogen (secondary N) is 2. The Morgan fingerprint density at radius 1 is 1.28 bits per heavy atom. The SMILES string of the molecule is CNC(=O)CCNCc1cnc2ccccc2n1. The van der Waals surface area contributed by atoms with Crippen molar-refractivity contribution in [2.24, 2.45) is 0 Å². The minimum Gasteiger partial charge on any atom is -0.359 e. The number of hydrogen-bond acceptors (Lipinski definition) is 4. The lowest BCUT2D eigenvalue weighted by Gasteiger charge is -2.04. The molecular formula is C13H16N4O. The predicted molar refractivity (Wildman–Crippen MR) is 69.9 cm³/mol. The molecule has 0 aliphatic rings. The smallest absolute Gasteiger partial charge is 0.221 e. The Labute approximate surface area is 106 Å². The number of aromatic nitrogens is 2. The molecule has 0 aliphatic carbocycles. The molecule has 0 atom stereocenters. The Balaban J connectivity index is 1.90. The Morgan fingerprint density at radius 2 is 2.06 bits per heavy atom. The van der Waals surface area contributed by atoms with Gasteiger partial charge < -0.3 is 10.6 Å². The molecule has 1 heterocycles. The van der Waals surface area contributed by atoms with Gasteiger partial charge in [-0.2, -0.15) is 0 Å². The first kappa shape index (κ1) is 12.4. The van der Waals surface area contributed by atoms with Crippen LogP contribution in [0, 0.1) is 0 Å². The molecule has 5 heteroatoms. The van der Waals surface area contributed by atoms with E-state index in [1.807, 2.05) is 24.3 Å². The lowest BCUT2D eigenvalue weighted by molar-refractivity contribution is -0.120. The molecule has 1 aromatic carbocycles. The van der Waals surface area contributed by atoms with Gasteiger partial charge in [0.1, 0.15) is 0 Å². The van der Waals surface area contributed by atoms with Crippen LogP contribution in [0.4, 0.5) is 0 Å². The molecule has 0 saturated heterocycles. The van der Waals surface area contributed by atoms with Crippen molar-refractivity contribution in [3.63, 3.8) is 0 Å². The molecule has 5 nitrogen and oxygen atoms in total. The highest BCUT2D eigenvalue weighted by Crippen LogP contribution is 2.07. The van der Waals surface area contributed by atoms with Crippen molar-refractivity contribution in [1.29, 1.82) is 0 Å². The van der Waals surface area contributed by atoms with Crippen LogP contribution in [0.3, 0.4) is 0 Å². The first-order chi connectivity index (χ1) is 8.79. The fraction of sp³-hybridized carbons (Fsp3) is 0.308. The van der Waals surface area contributed by atoms with Gasteiger partial charge in [-0.05, 0) is 12.1 Å². The second-order valence-corrected chi connectivity index (χ2v) is 3.95. The number of hydrogen-bond donors (Lipinski definition) is 2. The fourth-order valence-electron chi connectivity index (χ4n) is 1.62. The van der Waals surface area contributed by atoms with Crippen molar-refractivity contribution in [2.45, 2.75) is 13.0 Å². The minimum atomic E-state index is 0.0343. The van der Waals surface area contributed by atoms with Crippen molar-refractivity contribution < 1.29 is 4.79 Å². The summed E-state index contributed by atoms with van der Waals surface area (Å²) < 4.78 is 0. The number of para-hydroxylation sites is 2. The first-order valence-corrected chi connectivity index (χ1v) is 5.91. The van der Waals surface area contributed by atoms with Crippen LogP contribution >= 0.6 is 0 Å². The highest BCUT2D eigenvalue weighted by molar-refractivity contribution is 5.75. The van der Waals surface area contributed by atoms with Crippen molar-refractivity contribution in [2.75, 3.05) is 13.6 Å². The Kier molecular flexibility index (Phi) is 4.20. The third-order valence-electron chi connectivity index (χ3n) is 2.61. The number of amides is 1. The average molecular weight is 244 g/mol. The summed E-state index contributed by atoms with van der Waals surface area (Å²) in [5, 5.41) is 5.75. The predicted octanol–water partition coefficient (Wildman–Crippen LogP) is 0.855. The maximum absolute atomic E-state index is 11.0. The maximum atomic E-state index is 11.0. The van der Waals surface area contributed by atoms with E-state index in [0.29, 0.717) is 19.5 Å². The van der Waals surface area contributed by atoms with E-state index in [-0.39, 0.29) is 5.91 Å². The van der Waals surface area contributed by atoms with Crippen molar-refractivity contribution >= 4 is 16.9 Å². The summed E-state index contributed by atoms with van der Waals surface area (Å²) in [6.07, 6.45) is 2.23. The van der Waals surface area contributed by atoms with Crippen molar-refractivity contribution in [3.05, 3.63) is 36.2 Å². The third kappa shape index (κ3) is 3.24. The van der Waals surface area contributed by atoms with E-state index in [9.17, 15) is 4.79 Å². The van der Waals surface area contributed by atoms with Gasteiger partial charge in [-0.15, -0.1) is 0 Å². The Hall–Kier alpha value is -2.01. The standard InChI is InChI=1S/C13H16N4O/c1-14-13(18)6-7-15-8-10-9-16-11-4-2-3-5-12(11)17-10/h2-5,9,15H,6-8H2,1H3,(H,14,18). The number of carbonyl (C=O) groups is 1. The minimum absolute atomic E-state index is 0.0343. The zero-order valence-electron chi connectivity index (χ0n) is 10.3. The van der Waals surface area contributed by atoms with Crippen LogP contribution in [0.2, 0.25) is 0 Å². The van der Waals surface area contributed by atoms with Crippen molar-refractivity contribution in [1.82, 2.24) is 20.6 Å². The summed E-state index contributed by atoms with van der Waals surface area (Å²) in [7, 11) is 1.64. The van der Waals surface area contributed by atoms with E-state index in [2.05, 4.69) is 20.6 Å². The normalized spacial score (nSPS) is 10.5. The highest BCUT2D eigenvalue weighted by Gasteiger charge is 2.00. The van der Waals surface area contributed by atoms with Gasteiger partial charge >= 0.3 is 0 Å². The molecule has 0 fully saturated rings. The lowest BCUT2D eigenvalue weighted by atomic mass is 10.3. The van der Waals surface area contributed by atoms with Gasteiger partial charge in [-0.3, -0.25) is 9.78 Å². The zero-order valence-corrected chi connectivity index (χ0v) is 10.3. The van der Waals surface area contributed by atoms with Gasteiger partial charge in [0, 0.05) is 26.6 Å². The fourth-order valence-corrected chi connectivity index (χ4v) is 1.62. The van der Waals surface area contributed by atoms with Gasteiger partial charge in [-0.25, -0.2) is 4.98 Å². The number of rotatable bonds is 5. The first-order valence-electron chi connectivity index (χ1n) is 5.91. The van der Waals surface area contributed by atoms with E-state index in [0.717, 1.165) is 16.7 Å². The van der Waals surface area contributed by atoms with Crippen LogP contribution in [0.15, 0.2) is 30.5 Å². The molecule has 94 valence electrons. The lowest BCUT2D eigenvalue weighted by Crippen LogP contribution is -2.24. The second-order valence-electron chi connectivity index (χ2n) is 3.95. The van der Waals surface area contributed by atoms with E-state index in [4.69, 9.17) is 0 Å². The van der Waals surface area contributed by atoms with E-state index in [1.54, 1.807) is 13.2 Å². The molecule has 0 unspecified atom stereocenters. The van der Waals surface area contributed by atoms with Crippen LogP contribution in [-0.4, -0.2) is 29.5 Å². The molecule has 0 radical (unpaired) electrons. The number of carbonyl (C=O) groups excluding carboxylic acids is 1. The molecule has 0 aliphatic heterocycles. The van der Waals surface area contributed by atoms with Crippen LogP contribution < -0.4 is 10.6 Å². The second kappa shape index (κ2) is 6.07. The molecular weight excluding hydrogens is 228 g/mol. The summed E-state index contributed by atoms with van der Waals surface area (Å²) in [5.41, 5.74) is 2.67. The quantitative estimate of drug-likeness (QED) is 0.765. The van der Waals surface area contributed by atoms with Crippen LogP contribution in [-0.2, 0) is 11.3 Å². The van der Waals surface area contributed by atoms with E-state index >= 15 is 0 Å². The summed E-state index contributed by atoms with van der Waals surface area (Å²) in [4.78, 5) is 19.8. The summed E-state index contributed by atoms with van der Waals surface area (Å²) >= 11 is 0. The van der Waals surface area contributed by atoms with Gasteiger partial charge in [0.2, 0.25) is 5.91 Å². The molecule has 0 spiro atoms. The van der Waals surface area contributed by atoms with Gasteiger partial charge in [-0.1, -0.05) is 12.1 Å². The van der Waals surface area contributed by atoms with Crippen molar-refractivity contribution in [3.8, 4) is 0 Å². The molecule has 0 bridgehead atoms. The van der Waals surface area contributed by atoms with E-state index in [1.165, 1.54) is 0 Å². The molecule has 2 N–H and O–H groups in total. The van der Waals surface area contributed by atoms with Crippen LogP contribution in [0.5, 0.6) is 0 Å². The largest absolute Gasteiger partial charge is 0.359 e. The van der Waals surface area contributed by atoms with Gasteiger partial charge in [0.05, 0.1) is 22.9 Å². The average Bonchev–Trinajstić information content (AvgIpc) is 2.43. The van der Waals surface area contributed by atoms with Crippen LogP contribution in [0.1, 0.15) is 12.1 Å². The highest BCUT2D eigenvalue weighted by atomic mass is 16.1.